The van der Waals surface area contributed by atoms with Crippen molar-refractivity contribution in [1.29, 1.82) is 0 Å². The first-order valence-electron chi connectivity index (χ1n) is 6.67. The highest BCUT2D eigenvalue weighted by molar-refractivity contribution is 5.66. The van der Waals surface area contributed by atoms with Crippen LogP contribution in [0.4, 0.5) is 0 Å². The summed E-state index contributed by atoms with van der Waals surface area (Å²) in [4.78, 5) is 12.7. The Morgan fingerprint density at radius 1 is 1.29 bits per heavy atom. The van der Waals surface area contributed by atoms with Crippen LogP contribution in [0.2, 0.25) is 0 Å². The molecule has 1 rings (SSSR count). The van der Waals surface area contributed by atoms with Gasteiger partial charge in [-0.25, -0.2) is 0 Å². The lowest BCUT2D eigenvalue weighted by atomic mass is 9.75. The van der Waals surface area contributed by atoms with E-state index in [2.05, 4.69) is 24.3 Å². The lowest BCUT2D eigenvalue weighted by Crippen LogP contribution is -2.56. The first-order valence-corrected chi connectivity index (χ1v) is 6.67. The largest absolute Gasteiger partial charge is 0.481 e. The molecule has 0 aliphatic heterocycles. The van der Waals surface area contributed by atoms with Crippen LogP contribution in [0.25, 0.3) is 0 Å². The number of carbonyl (C=O) groups is 1. The van der Waals surface area contributed by atoms with Crippen LogP contribution in [-0.4, -0.2) is 48.7 Å². The van der Waals surface area contributed by atoms with Crippen molar-refractivity contribution in [3.63, 3.8) is 0 Å². The zero-order valence-corrected chi connectivity index (χ0v) is 11.2. The van der Waals surface area contributed by atoms with E-state index in [9.17, 15) is 4.79 Å². The number of aliphatic carboxylic acids is 1. The number of rotatable bonds is 9. The van der Waals surface area contributed by atoms with Crippen molar-refractivity contribution >= 4 is 5.97 Å². The van der Waals surface area contributed by atoms with Crippen LogP contribution >= 0.6 is 0 Å². The molecule has 0 unspecified atom stereocenters. The average molecular weight is 242 g/mol. The second kappa shape index (κ2) is 6.97. The van der Waals surface area contributed by atoms with Gasteiger partial charge in [0.15, 0.2) is 0 Å². The van der Waals surface area contributed by atoms with E-state index >= 15 is 0 Å². The molecule has 0 heterocycles. The minimum Gasteiger partial charge on any atom is -0.481 e. The van der Waals surface area contributed by atoms with Gasteiger partial charge in [-0.05, 0) is 52.7 Å². The number of unbranched alkanes of at least 4 members (excludes halogenated alkanes) is 2. The van der Waals surface area contributed by atoms with E-state index in [1.165, 1.54) is 19.3 Å². The monoisotopic (exact) mass is 242 g/mol. The van der Waals surface area contributed by atoms with Gasteiger partial charge in [0.05, 0.1) is 0 Å². The molecule has 0 aromatic rings. The Hall–Kier alpha value is -0.610. The third kappa shape index (κ3) is 4.64. The van der Waals surface area contributed by atoms with Crippen LogP contribution in [0.5, 0.6) is 0 Å². The predicted molar refractivity (Wildman–Crippen MR) is 69.2 cm³/mol. The maximum Gasteiger partial charge on any atom is 0.303 e. The summed E-state index contributed by atoms with van der Waals surface area (Å²) in [6.45, 7) is 2.08. The fourth-order valence-electron chi connectivity index (χ4n) is 2.39. The highest BCUT2D eigenvalue weighted by Crippen LogP contribution is 2.35. The lowest BCUT2D eigenvalue weighted by Gasteiger charge is -2.47. The van der Waals surface area contributed by atoms with E-state index in [0.29, 0.717) is 12.0 Å². The molecule has 1 aliphatic rings. The third-order valence-electron chi connectivity index (χ3n) is 3.93. The summed E-state index contributed by atoms with van der Waals surface area (Å²) >= 11 is 0. The lowest BCUT2D eigenvalue weighted by molar-refractivity contribution is -0.137. The van der Waals surface area contributed by atoms with E-state index in [-0.39, 0.29) is 0 Å². The number of nitrogens with one attached hydrogen (secondary N) is 1. The van der Waals surface area contributed by atoms with Gasteiger partial charge in [-0.15, -0.1) is 0 Å². The summed E-state index contributed by atoms with van der Waals surface area (Å²) < 4.78 is 0. The van der Waals surface area contributed by atoms with E-state index in [1.54, 1.807) is 0 Å². The zero-order chi connectivity index (χ0) is 12.7. The van der Waals surface area contributed by atoms with Crippen LogP contribution in [0, 0.1) is 0 Å². The Morgan fingerprint density at radius 2 is 2.00 bits per heavy atom. The van der Waals surface area contributed by atoms with Crippen LogP contribution in [0.3, 0.4) is 0 Å². The molecule has 0 radical (unpaired) electrons. The molecule has 4 nitrogen and oxygen atoms in total. The normalized spacial score (nSPS) is 18.1. The second-order valence-electron chi connectivity index (χ2n) is 5.35. The van der Waals surface area contributed by atoms with E-state index in [1.807, 2.05) is 0 Å². The van der Waals surface area contributed by atoms with Crippen molar-refractivity contribution in [3.8, 4) is 0 Å². The van der Waals surface area contributed by atoms with Gasteiger partial charge < -0.3 is 15.3 Å². The summed E-state index contributed by atoms with van der Waals surface area (Å²) in [5, 5.41) is 12.0. The Kier molecular flexibility index (Phi) is 5.92. The van der Waals surface area contributed by atoms with Gasteiger partial charge in [-0.2, -0.15) is 0 Å². The van der Waals surface area contributed by atoms with Gasteiger partial charge in [-0.1, -0.05) is 6.42 Å². The molecule has 1 saturated carbocycles. The molecule has 17 heavy (non-hydrogen) atoms. The van der Waals surface area contributed by atoms with Crippen molar-refractivity contribution < 1.29 is 9.90 Å². The summed E-state index contributed by atoms with van der Waals surface area (Å²) in [6, 6.07) is 0. The average Bonchev–Trinajstić information content (AvgIpc) is 2.18. The topological polar surface area (TPSA) is 52.6 Å². The molecule has 0 aromatic heterocycles. The first-order chi connectivity index (χ1) is 8.07. The fourth-order valence-corrected chi connectivity index (χ4v) is 2.39. The first kappa shape index (κ1) is 14.5. The smallest absolute Gasteiger partial charge is 0.303 e. The van der Waals surface area contributed by atoms with Gasteiger partial charge in [0.25, 0.3) is 0 Å². The number of hydrogen-bond acceptors (Lipinski definition) is 3. The molecule has 1 aliphatic carbocycles. The highest BCUT2D eigenvalue weighted by atomic mass is 16.4. The zero-order valence-electron chi connectivity index (χ0n) is 11.2. The molecule has 1 fully saturated rings. The number of carboxylic acid groups (broad SMARTS) is 1. The van der Waals surface area contributed by atoms with Gasteiger partial charge in [-0.3, -0.25) is 4.79 Å². The number of carboxylic acids is 1. The predicted octanol–water partition coefficient (Wildman–Crippen LogP) is 1.71. The maximum absolute atomic E-state index is 10.3. The molecule has 0 amide bonds. The van der Waals surface area contributed by atoms with Crippen molar-refractivity contribution in [1.82, 2.24) is 10.2 Å². The van der Waals surface area contributed by atoms with Gasteiger partial charge in [0.1, 0.15) is 0 Å². The molecule has 0 bridgehead atoms. The van der Waals surface area contributed by atoms with Crippen LogP contribution in [-0.2, 0) is 4.79 Å². The molecule has 0 spiro atoms. The highest BCUT2D eigenvalue weighted by Gasteiger charge is 2.38. The standard InChI is InChI=1S/C13H26N2O2/c1-15(2)13(8-6-9-13)11-14-10-5-3-4-7-12(16)17/h14H,3-11H2,1-2H3,(H,16,17). The Labute approximate surface area is 104 Å². The van der Waals surface area contributed by atoms with Crippen LogP contribution < -0.4 is 5.32 Å². The molecule has 100 valence electrons. The second-order valence-corrected chi connectivity index (χ2v) is 5.35. The molecule has 0 aromatic carbocycles. The number of likely N-dealkylation sites (N-methyl/N-ethyl adjacent to an activating group) is 1. The van der Waals surface area contributed by atoms with Gasteiger partial charge >= 0.3 is 5.97 Å². The van der Waals surface area contributed by atoms with Crippen molar-refractivity contribution in [2.45, 2.75) is 50.5 Å². The summed E-state index contributed by atoms with van der Waals surface area (Å²) in [5.74, 6) is -0.681. The molecule has 2 N–H and O–H groups in total. The summed E-state index contributed by atoms with van der Waals surface area (Å²) in [6.07, 6.45) is 7.14. The molecule has 0 atom stereocenters. The minimum absolute atomic E-state index is 0.307. The fraction of sp³-hybridized carbons (Fsp3) is 0.923. The molecule has 4 heteroatoms. The SMILES string of the molecule is CN(C)C1(CNCCCCCC(=O)O)CCC1. The third-order valence-corrected chi connectivity index (χ3v) is 3.93. The van der Waals surface area contributed by atoms with Gasteiger partial charge in [0, 0.05) is 18.5 Å². The molecule has 0 saturated heterocycles. The Morgan fingerprint density at radius 3 is 2.47 bits per heavy atom. The van der Waals surface area contributed by atoms with Crippen LogP contribution in [0.15, 0.2) is 0 Å². The van der Waals surface area contributed by atoms with Crippen LogP contribution in [0.1, 0.15) is 44.9 Å². The van der Waals surface area contributed by atoms with E-state index < -0.39 is 5.97 Å². The quantitative estimate of drug-likeness (QED) is 0.604. The summed E-state index contributed by atoms with van der Waals surface area (Å²) in [7, 11) is 4.32. The van der Waals surface area contributed by atoms with E-state index in [4.69, 9.17) is 5.11 Å². The number of hydrogen-bond donors (Lipinski definition) is 2. The van der Waals surface area contributed by atoms with Crippen molar-refractivity contribution in [3.05, 3.63) is 0 Å². The maximum atomic E-state index is 10.3. The minimum atomic E-state index is -0.681. The molecular formula is C13H26N2O2. The number of nitrogens with zero attached hydrogens (tertiary/aromatic N) is 1. The van der Waals surface area contributed by atoms with Crippen molar-refractivity contribution in [2.75, 3.05) is 27.2 Å². The van der Waals surface area contributed by atoms with E-state index in [0.717, 1.165) is 32.4 Å². The van der Waals surface area contributed by atoms with Crippen molar-refractivity contribution in [2.24, 2.45) is 0 Å². The Bertz CT molecular complexity index is 238. The van der Waals surface area contributed by atoms with Gasteiger partial charge in [0.2, 0.25) is 0 Å². The Balaban J connectivity index is 1.98. The summed E-state index contributed by atoms with van der Waals surface area (Å²) in [5.41, 5.74) is 0.390. The molecular weight excluding hydrogens is 216 g/mol.